The highest BCUT2D eigenvalue weighted by molar-refractivity contribution is 5.82. The molecular weight excluding hydrogens is 240 g/mol. The lowest BCUT2D eigenvalue weighted by Crippen LogP contribution is -2.44. The van der Waals surface area contributed by atoms with Crippen molar-refractivity contribution in [3.63, 3.8) is 0 Å². The van der Waals surface area contributed by atoms with Crippen LogP contribution in [0.4, 0.5) is 0 Å². The lowest BCUT2D eigenvalue weighted by Gasteiger charge is -2.17. The fraction of sp³-hybridized carbons (Fsp3) is 0.533. The van der Waals surface area contributed by atoms with Gasteiger partial charge in [-0.05, 0) is 56.8 Å². The molecule has 4 nitrogen and oxygen atoms in total. The molecule has 3 N–H and O–H groups in total. The molecule has 2 rings (SSSR count). The first kappa shape index (κ1) is 13.9. The minimum atomic E-state index is -0.00359. The monoisotopic (exact) mass is 262 g/mol. The van der Waals surface area contributed by atoms with Gasteiger partial charge in [0.2, 0.25) is 5.91 Å². The predicted octanol–water partition coefficient (Wildman–Crippen LogP) is 1.58. The average Bonchev–Trinajstić information content (AvgIpc) is 2.92. The Hall–Kier alpha value is -1.55. The van der Waals surface area contributed by atoms with Crippen LogP contribution in [0.2, 0.25) is 0 Å². The molecule has 0 aliphatic carbocycles. The molecule has 0 saturated carbocycles. The van der Waals surface area contributed by atoms with E-state index >= 15 is 0 Å². The number of aryl methyl sites for hydroxylation is 1. The molecule has 1 unspecified atom stereocenters. The van der Waals surface area contributed by atoms with Crippen LogP contribution in [0.3, 0.4) is 0 Å². The van der Waals surface area contributed by atoms with Gasteiger partial charge >= 0.3 is 0 Å². The highest BCUT2D eigenvalue weighted by Crippen LogP contribution is 2.12. The van der Waals surface area contributed by atoms with Gasteiger partial charge in [0.15, 0.2) is 0 Å². The normalized spacial score (nSPS) is 20.2. The van der Waals surface area contributed by atoms with Crippen molar-refractivity contribution in [3.8, 4) is 5.75 Å². The van der Waals surface area contributed by atoms with E-state index in [1.165, 1.54) is 5.56 Å². The Morgan fingerprint density at radius 2 is 2.21 bits per heavy atom. The summed E-state index contributed by atoms with van der Waals surface area (Å²) in [7, 11) is 0. The topological polar surface area (TPSA) is 61.4 Å². The van der Waals surface area contributed by atoms with Gasteiger partial charge < -0.3 is 15.7 Å². The molecule has 1 fully saturated rings. The van der Waals surface area contributed by atoms with Gasteiger partial charge in [-0.1, -0.05) is 12.1 Å². The fourth-order valence-corrected chi connectivity index (χ4v) is 2.37. The van der Waals surface area contributed by atoms with Crippen LogP contribution in [0.1, 0.15) is 31.7 Å². The predicted molar refractivity (Wildman–Crippen MR) is 75.1 cm³/mol. The largest absolute Gasteiger partial charge is 0.508 e. The number of phenols is 1. The molecule has 1 aromatic carbocycles. The number of benzene rings is 1. The molecule has 0 bridgehead atoms. The number of phenolic OH excluding ortho intramolecular Hbond substituents is 1. The number of amides is 1. The second-order valence-electron chi connectivity index (χ2n) is 5.26. The number of hydrogen-bond acceptors (Lipinski definition) is 3. The van der Waals surface area contributed by atoms with E-state index in [9.17, 15) is 9.90 Å². The van der Waals surface area contributed by atoms with E-state index in [0.29, 0.717) is 0 Å². The van der Waals surface area contributed by atoms with Gasteiger partial charge in [-0.25, -0.2) is 0 Å². The van der Waals surface area contributed by atoms with E-state index < -0.39 is 0 Å². The third-order valence-corrected chi connectivity index (χ3v) is 3.57. The Morgan fingerprint density at radius 3 is 2.84 bits per heavy atom. The number of rotatable bonds is 5. The molecule has 2 atom stereocenters. The number of carbonyl (C=O) groups excluding carboxylic acids is 1. The zero-order valence-corrected chi connectivity index (χ0v) is 11.4. The van der Waals surface area contributed by atoms with Crippen molar-refractivity contribution in [3.05, 3.63) is 29.8 Å². The number of aromatic hydroxyl groups is 1. The van der Waals surface area contributed by atoms with E-state index in [4.69, 9.17) is 0 Å². The maximum atomic E-state index is 11.9. The number of hydrogen-bond donors (Lipinski definition) is 3. The molecule has 19 heavy (non-hydrogen) atoms. The van der Waals surface area contributed by atoms with Crippen molar-refractivity contribution in [2.45, 2.75) is 44.7 Å². The van der Waals surface area contributed by atoms with Crippen LogP contribution >= 0.6 is 0 Å². The Bertz CT molecular complexity index is 411. The van der Waals surface area contributed by atoms with Gasteiger partial charge in [0.05, 0.1) is 6.04 Å². The summed E-state index contributed by atoms with van der Waals surface area (Å²) in [6.07, 6.45) is 3.83. The van der Waals surface area contributed by atoms with Crippen LogP contribution in [0.5, 0.6) is 5.75 Å². The summed E-state index contributed by atoms with van der Waals surface area (Å²) < 4.78 is 0. The molecule has 1 aliphatic heterocycles. The van der Waals surface area contributed by atoms with Crippen LogP contribution < -0.4 is 10.6 Å². The quantitative estimate of drug-likeness (QED) is 0.755. The van der Waals surface area contributed by atoms with Crippen LogP contribution in [-0.2, 0) is 11.2 Å². The van der Waals surface area contributed by atoms with Crippen molar-refractivity contribution in [2.24, 2.45) is 0 Å². The minimum absolute atomic E-state index is 0.00359. The van der Waals surface area contributed by atoms with Crippen LogP contribution in [0.15, 0.2) is 24.3 Å². The average molecular weight is 262 g/mol. The molecule has 1 heterocycles. The van der Waals surface area contributed by atoms with Crippen molar-refractivity contribution < 1.29 is 9.90 Å². The van der Waals surface area contributed by atoms with Crippen molar-refractivity contribution in [2.75, 3.05) is 6.54 Å². The third kappa shape index (κ3) is 4.24. The highest BCUT2D eigenvalue weighted by atomic mass is 16.3. The third-order valence-electron chi connectivity index (χ3n) is 3.57. The molecule has 1 aromatic rings. The van der Waals surface area contributed by atoms with Gasteiger partial charge in [0.1, 0.15) is 5.75 Å². The van der Waals surface area contributed by atoms with Gasteiger partial charge in [-0.2, -0.15) is 0 Å². The second kappa shape index (κ2) is 6.57. The summed E-state index contributed by atoms with van der Waals surface area (Å²) in [6.45, 7) is 2.98. The molecule has 0 aromatic heterocycles. The molecule has 1 saturated heterocycles. The number of carbonyl (C=O) groups is 1. The van der Waals surface area contributed by atoms with E-state index in [1.807, 2.05) is 19.1 Å². The lowest BCUT2D eigenvalue weighted by molar-refractivity contribution is -0.123. The second-order valence-corrected chi connectivity index (χ2v) is 5.26. The van der Waals surface area contributed by atoms with E-state index in [-0.39, 0.29) is 23.7 Å². The van der Waals surface area contributed by atoms with Gasteiger partial charge in [0, 0.05) is 6.04 Å². The summed E-state index contributed by atoms with van der Waals surface area (Å²) in [5, 5.41) is 15.5. The van der Waals surface area contributed by atoms with Crippen molar-refractivity contribution >= 4 is 5.91 Å². The SMILES string of the molecule is CC(CCc1ccc(O)cc1)NC(=O)[C@H]1CCCN1. The molecule has 104 valence electrons. The van der Waals surface area contributed by atoms with Gasteiger partial charge in [0.25, 0.3) is 0 Å². The summed E-state index contributed by atoms with van der Waals surface area (Å²) in [6, 6.07) is 7.40. The maximum Gasteiger partial charge on any atom is 0.237 e. The summed E-state index contributed by atoms with van der Waals surface area (Å²) >= 11 is 0. The summed E-state index contributed by atoms with van der Waals surface area (Å²) in [5.74, 6) is 0.410. The molecule has 1 amide bonds. The Balaban J connectivity index is 1.73. The van der Waals surface area contributed by atoms with Gasteiger partial charge in [-0.3, -0.25) is 4.79 Å². The van der Waals surface area contributed by atoms with E-state index in [1.54, 1.807) is 12.1 Å². The molecule has 1 aliphatic rings. The van der Waals surface area contributed by atoms with Crippen LogP contribution in [0.25, 0.3) is 0 Å². The molecule has 0 spiro atoms. The smallest absolute Gasteiger partial charge is 0.237 e. The maximum absolute atomic E-state index is 11.9. The Kier molecular flexibility index (Phi) is 4.80. The summed E-state index contributed by atoms with van der Waals surface area (Å²) in [4.78, 5) is 11.9. The lowest BCUT2D eigenvalue weighted by atomic mass is 10.1. The first-order valence-corrected chi connectivity index (χ1v) is 6.97. The fourth-order valence-electron chi connectivity index (χ4n) is 2.37. The first-order chi connectivity index (χ1) is 9.15. The van der Waals surface area contributed by atoms with Crippen LogP contribution in [-0.4, -0.2) is 29.6 Å². The molecule has 4 heteroatoms. The van der Waals surface area contributed by atoms with E-state index in [0.717, 1.165) is 32.2 Å². The standard InChI is InChI=1S/C15H22N2O2/c1-11(17-15(19)14-3-2-10-16-14)4-5-12-6-8-13(18)9-7-12/h6-9,11,14,16,18H,2-5,10H2,1H3,(H,17,19)/t11?,14-/m1/s1. The molecule has 0 radical (unpaired) electrons. The zero-order valence-electron chi connectivity index (χ0n) is 11.4. The number of nitrogens with one attached hydrogen (secondary N) is 2. The minimum Gasteiger partial charge on any atom is -0.508 e. The van der Waals surface area contributed by atoms with Crippen LogP contribution in [0, 0.1) is 0 Å². The highest BCUT2D eigenvalue weighted by Gasteiger charge is 2.22. The first-order valence-electron chi connectivity index (χ1n) is 6.97. The summed E-state index contributed by atoms with van der Waals surface area (Å²) in [5.41, 5.74) is 1.18. The van der Waals surface area contributed by atoms with Crippen molar-refractivity contribution in [1.82, 2.24) is 10.6 Å². The van der Waals surface area contributed by atoms with Gasteiger partial charge in [-0.15, -0.1) is 0 Å². The zero-order chi connectivity index (χ0) is 13.7. The van der Waals surface area contributed by atoms with E-state index in [2.05, 4.69) is 10.6 Å². The molecular formula is C15H22N2O2. The Labute approximate surface area is 114 Å². The Morgan fingerprint density at radius 1 is 1.47 bits per heavy atom. The van der Waals surface area contributed by atoms with Crippen molar-refractivity contribution in [1.29, 1.82) is 0 Å².